The Bertz CT molecular complexity index is 1000. The zero-order chi connectivity index (χ0) is 29.6. The fraction of sp³-hybridized carbons (Fsp3) is 0.844. The van der Waals surface area contributed by atoms with Gasteiger partial charge < -0.3 is 20.5 Å². The first-order chi connectivity index (χ1) is 18.7. The van der Waals surface area contributed by atoms with E-state index in [1.165, 1.54) is 0 Å². The minimum absolute atomic E-state index is 0.0159. The van der Waals surface area contributed by atoms with Crippen molar-refractivity contribution in [3.63, 3.8) is 0 Å². The summed E-state index contributed by atoms with van der Waals surface area (Å²) in [4.78, 5) is 41.7. The van der Waals surface area contributed by atoms with Gasteiger partial charge in [0.1, 0.15) is 11.9 Å². The van der Waals surface area contributed by atoms with Crippen LogP contribution in [0.4, 0.5) is 0 Å². The van der Waals surface area contributed by atoms with Crippen LogP contribution in [0.3, 0.4) is 0 Å². The number of esters is 1. The average Bonchev–Trinajstić information content (AvgIpc) is 3.29. The number of nitrogens with two attached hydrogens (primary N) is 1. The molecule has 40 heavy (non-hydrogen) atoms. The molecule has 4 rings (SSSR count). The summed E-state index contributed by atoms with van der Waals surface area (Å²) < 4.78 is 6.38. The van der Waals surface area contributed by atoms with E-state index in [1.807, 2.05) is 31.7 Å². The van der Waals surface area contributed by atoms with Gasteiger partial charge in [-0.15, -0.1) is 18.3 Å². The molecule has 4 aliphatic rings. The number of ether oxygens (including phenoxy) is 1. The van der Waals surface area contributed by atoms with Crippen molar-refractivity contribution < 1.29 is 24.2 Å². The second-order valence-electron chi connectivity index (χ2n) is 14.2. The van der Waals surface area contributed by atoms with Gasteiger partial charge in [0.05, 0.1) is 17.9 Å². The predicted octanol–water partition coefficient (Wildman–Crippen LogP) is 4.60. The molecule has 1 aliphatic heterocycles. The molecule has 1 heterocycles. The molecule has 7 nitrogen and oxygen atoms in total. The molecule has 4 fully saturated rings. The van der Waals surface area contributed by atoms with Crippen molar-refractivity contribution in [2.75, 3.05) is 18.8 Å². The van der Waals surface area contributed by atoms with Crippen molar-refractivity contribution in [3.05, 3.63) is 12.7 Å². The van der Waals surface area contributed by atoms with E-state index in [-0.39, 0.29) is 57.7 Å². The number of hydrogen-bond acceptors (Lipinski definition) is 7. The first-order valence-electron chi connectivity index (χ1n) is 15.4. The number of piperidine rings is 1. The number of amides is 1. The van der Waals surface area contributed by atoms with E-state index in [0.29, 0.717) is 25.9 Å². The monoisotopic (exact) mass is 576 g/mol. The first kappa shape index (κ1) is 31.6. The van der Waals surface area contributed by atoms with Crippen LogP contribution in [0.2, 0.25) is 0 Å². The highest BCUT2D eigenvalue weighted by molar-refractivity contribution is 8.00. The highest BCUT2D eigenvalue weighted by Crippen LogP contribution is 2.68. The molecule has 0 aromatic heterocycles. The topological polar surface area (TPSA) is 110 Å². The molecule has 8 heteroatoms. The second kappa shape index (κ2) is 11.7. The standard InChI is InChI=1S/C32H52N2O5S/c1-8-30(6)16-24(31(7)20(4)11-13-32(21(5)28(30)37)14-12-23(35)27(31)32)39-25(36)18-40-22-10-9-15-34(17-22)29(38)26(33)19(2)3/h8,19-22,24,26-28,37H,1,9-18,33H2,2-7H3/t20?,21-,22-,24+,26+,27?,28?,30+,31+,32?/m0/s1. The van der Waals surface area contributed by atoms with Gasteiger partial charge in [-0.05, 0) is 61.7 Å². The van der Waals surface area contributed by atoms with Crippen LogP contribution in [0.25, 0.3) is 0 Å². The van der Waals surface area contributed by atoms with Gasteiger partial charge in [-0.2, -0.15) is 0 Å². The van der Waals surface area contributed by atoms with Gasteiger partial charge in [-0.3, -0.25) is 14.4 Å². The fourth-order valence-electron chi connectivity index (χ4n) is 8.65. The average molecular weight is 577 g/mol. The van der Waals surface area contributed by atoms with Crippen LogP contribution in [0.15, 0.2) is 12.7 Å². The van der Waals surface area contributed by atoms with Crippen LogP contribution in [-0.4, -0.2) is 70.0 Å². The lowest BCUT2D eigenvalue weighted by Gasteiger charge is -2.61. The highest BCUT2D eigenvalue weighted by Gasteiger charge is 2.68. The Balaban J connectivity index is 1.52. The van der Waals surface area contributed by atoms with Crippen LogP contribution in [-0.2, 0) is 19.1 Å². The van der Waals surface area contributed by atoms with E-state index in [0.717, 1.165) is 32.1 Å². The molecule has 1 saturated heterocycles. The van der Waals surface area contributed by atoms with E-state index in [4.69, 9.17) is 10.5 Å². The number of likely N-dealkylation sites (tertiary alicyclic amines) is 1. The molecule has 10 atom stereocenters. The molecule has 0 aromatic rings. The Morgan fingerprint density at radius 1 is 1.25 bits per heavy atom. The quantitative estimate of drug-likeness (QED) is 0.337. The Kier molecular flexibility index (Phi) is 9.24. The van der Waals surface area contributed by atoms with E-state index in [1.54, 1.807) is 11.8 Å². The molecule has 1 amide bonds. The summed E-state index contributed by atoms with van der Waals surface area (Å²) >= 11 is 1.55. The number of carbonyl (C=O) groups is 3. The van der Waals surface area contributed by atoms with Gasteiger partial charge in [0.15, 0.2) is 0 Å². The maximum atomic E-state index is 13.6. The minimum Gasteiger partial charge on any atom is -0.461 e. The Hall–Kier alpha value is -1.38. The zero-order valence-electron chi connectivity index (χ0n) is 25.5. The predicted molar refractivity (Wildman–Crippen MR) is 160 cm³/mol. The Morgan fingerprint density at radius 3 is 2.60 bits per heavy atom. The fourth-order valence-corrected chi connectivity index (χ4v) is 9.71. The van der Waals surface area contributed by atoms with Crippen LogP contribution in [0, 0.1) is 39.9 Å². The number of thioether (sulfide) groups is 1. The first-order valence-corrected chi connectivity index (χ1v) is 16.5. The molecule has 0 aromatic carbocycles. The second-order valence-corrected chi connectivity index (χ2v) is 15.5. The van der Waals surface area contributed by atoms with E-state index >= 15 is 0 Å². The van der Waals surface area contributed by atoms with Crippen molar-refractivity contribution in [3.8, 4) is 0 Å². The third-order valence-corrected chi connectivity index (χ3v) is 13.0. The summed E-state index contributed by atoms with van der Waals surface area (Å²) in [5, 5.41) is 11.8. The number of Topliss-reactive ketones (excluding diaryl/α,β-unsaturated/α-hetero) is 1. The molecule has 0 spiro atoms. The summed E-state index contributed by atoms with van der Waals surface area (Å²) in [6.45, 7) is 17.8. The normalized spacial score (nSPS) is 42.5. The van der Waals surface area contributed by atoms with Crippen LogP contribution in [0.5, 0.6) is 0 Å². The maximum Gasteiger partial charge on any atom is 0.316 e. The van der Waals surface area contributed by atoms with E-state index in [2.05, 4.69) is 27.4 Å². The molecule has 0 radical (unpaired) electrons. The summed E-state index contributed by atoms with van der Waals surface area (Å²) in [6, 6.07) is -0.506. The van der Waals surface area contributed by atoms with Crippen molar-refractivity contribution in [2.24, 2.45) is 45.7 Å². The van der Waals surface area contributed by atoms with Gasteiger partial charge in [-0.1, -0.05) is 47.6 Å². The summed E-state index contributed by atoms with van der Waals surface area (Å²) in [5.41, 5.74) is 4.70. The lowest BCUT2D eigenvalue weighted by molar-refractivity contribution is -0.205. The lowest BCUT2D eigenvalue weighted by Crippen LogP contribution is -2.63. The molecular formula is C32H52N2O5S. The third kappa shape index (κ3) is 5.30. The zero-order valence-corrected chi connectivity index (χ0v) is 26.3. The molecule has 2 bridgehead atoms. The van der Waals surface area contributed by atoms with Crippen molar-refractivity contribution in [1.82, 2.24) is 4.90 Å². The SMILES string of the molecule is C=C[C@]1(C)C[C@@H](OC(=O)CS[C@H]2CCCN(C(=O)[C@H](N)C(C)C)C2)[C@@]2(C)C(C)CCC3(CCC(=O)C32)[C@@H](C)C1O. The summed E-state index contributed by atoms with van der Waals surface area (Å²) in [5.74, 6) is 0.158. The van der Waals surface area contributed by atoms with Crippen molar-refractivity contribution >= 4 is 29.4 Å². The van der Waals surface area contributed by atoms with Crippen LogP contribution < -0.4 is 5.73 Å². The van der Waals surface area contributed by atoms with Gasteiger partial charge in [0.2, 0.25) is 5.91 Å². The number of rotatable bonds is 7. The van der Waals surface area contributed by atoms with Crippen molar-refractivity contribution in [1.29, 1.82) is 0 Å². The highest BCUT2D eigenvalue weighted by atomic mass is 32.2. The smallest absolute Gasteiger partial charge is 0.316 e. The van der Waals surface area contributed by atoms with Crippen molar-refractivity contribution in [2.45, 2.75) is 110 Å². The van der Waals surface area contributed by atoms with Gasteiger partial charge in [-0.25, -0.2) is 0 Å². The molecule has 4 unspecified atom stereocenters. The van der Waals surface area contributed by atoms with Crippen LogP contribution >= 0.6 is 11.8 Å². The molecule has 3 aliphatic carbocycles. The van der Waals surface area contributed by atoms with Gasteiger partial charge in [0.25, 0.3) is 0 Å². The van der Waals surface area contributed by atoms with Crippen LogP contribution in [0.1, 0.15) is 86.5 Å². The third-order valence-electron chi connectivity index (χ3n) is 11.7. The van der Waals surface area contributed by atoms with E-state index in [9.17, 15) is 19.5 Å². The number of aliphatic hydroxyl groups excluding tert-OH is 1. The van der Waals surface area contributed by atoms with Gasteiger partial charge in [0, 0.05) is 41.5 Å². The molecule has 3 N–H and O–H groups in total. The van der Waals surface area contributed by atoms with E-state index < -0.39 is 29.1 Å². The summed E-state index contributed by atoms with van der Waals surface area (Å²) in [7, 11) is 0. The Morgan fingerprint density at radius 2 is 1.95 bits per heavy atom. The lowest BCUT2D eigenvalue weighted by atomic mass is 9.44. The number of carbonyl (C=O) groups excluding carboxylic acids is 3. The molecular weight excluding hydrogens is 524 g/mol. The number of nitrogens with zero attached hydrogens (tertiary/aromatic N) is 1. The number of aliphatic hydroxyl groups is 1. The maximum absolute atomic E-state index is 13.6. The number of ketones is 1. The summed E-state index contributed by atoms with van der Waals surface area (Å²) in [6.07, 6.45) is 6.12. The molecule has 3 saturated carbocycles. The molecule has 226 valence electrons. The number of hydrogen-bond donors (Lipinski definition) is 2. The Labute approximate surface area is 245 Å². The largest absolute Gasteiger partial charge is 0.461 e. The van der Waals surface area contributed by atoms with Gasteiger partial charge >= 0.3 is 5.97 Å². The minimum atomic E-state index is -0.671.